The first-order valence-corrected chi connectivity index (χ1v) is 22.3. The van der Waals surface area contributed by atoms with Crippen molar-refractivity contribution in [2.75, 3.05) is 25.4 Å². The molecule has 0 unspecified atom stereocenters. The van der Waals surface area contributed by atoms with Crippen LogP contribution in [0.25, 0.3) is 0 Å². The molecule has 1 saturated heterocycles. The van der Waals surface area contributed by atoms with Gasteiger partial charge in [0.25, 0.3) is 11.8 Å². The topological polar surface area (TPSA) is 172 Å². The van der Waals surface area contributed by atoms with Crippen LogP contribution in [0.2, 0.25) is 0 Å². The van der Waals surface area contributed by atoms with Gasteiger partial charge in [-0.3, -0.25) is 19.2 Å². The summed E-state index contributed by atoms with van der Waals surface area (Å²) in [5.74, 6) is -0.396. The van der Waals surface area contributed by atoms with E-state index in [9.17, 15) is 36.4 Å². The van der Waals surface area contributed by atoms with Gasteiger partial charge in [0.05, 0.1) is 0 Å². The number of aromatic nitrogens is 2. The van der Waals surface area contributed by atoms with Crippen LogP contribution in [0.1, 0.15) is 143 Å². The van der Waals surface area contributed by atoms with E-state index in [0.717, 1.165) is 96.3 Å². The Hall–Kier alpha value is -5.26. The van der Waals surface area contributed by atoms with E-state index in [2.05, 4.69) is 15.6 Å². The summed E-state index contributed by atoms with van der Waals surface area (Å²) in [5, 5.41) is 5.95. The summed E-state index contributed by atoms with van der Waals surface area (Å²) in [6.07, 6.45) is 15.8. The van der Waals surface area contributed by atoms with Crippen molar-refractivity contribution in [3.8, 4) is 6.01 Å². The van der Waals surface area contributed by atoms with Gasteiger partial charge in [-0.05, 0) is 49.9 Å². The fourth-order valence-electron chi connectivity index (χ4n) is 7.32. The van der Waals surface area contributed by atoms with Crippen LogP contribution in [0, 0.1) is 0 Å². The highest BCUT2D eigenvalue weighted by Crippen LogP contribution is 2.36. The lowest BCUT2D eigenvalue weighted by molar-refractivity contribution is -0.746. The molecule has 0 radical (unpaired) electrons. The number of ether oxygens (including phenoxy) is 4. The molecule has 2 aliphatic heterocycles. The lowest BCUT2D eigenvalue weighted by atomic mass is 10.1. The Morgan fingerprint density at radius 3 is 1.59 bits per heavy atom. The van der Waals surface area contributed by atoms with Crippen molar-refractivity contribution in [3.63, 3.8) is 0 Å². The van der Waals surface area contributed by atoms with Gasteiger partial charge >= 0.3 is 25.2 Å². The van der Waals surface area contributed by atoms with Crippen molar-refractivity contribution in [3.05, 3.63) is 84.1 Å². The average Bonchev–Trinajstić information content (AvgIpc) is 3.78. The van der Waals surface area contributed by atoms with Crippen LogP contribution in [-0.2, 0) is 23.8 Å². The SMILES string of the molecule is F[B-](F)(F)F.Nc1cc[n+]2c(n1)O[C@@H]1[C@H](OC(=O)CCCCCCCCCCNC(=O)c3ccccc3)[C@@H](COC(=O)CCCCCCCCCCNC(=O)c3ccccc3)O[C@H]12. The van der Waals surface area contributed by atoms with Crippen molar-refractivity contribution in [2.45, 2.75) is 140 Å². The van der Waals surface area contributed by atoms with E-state index >= 15 is 0 Å². The number of halogens is 4. The quantitative estimate of drug-likeness (QED) is 0.0223. The maximum Gasteiger partial charge on any atom is 0.673 e. The number of benzene rings is 2. The summed E-state index contributed by atoms with van der Waals surface area (Å²) in [7, 11) is -6.00. The van der Waals surface area contributed by atoms with Gasteiger partial charge in [-0.15, -0.1) is 0 Å². The monoisotopic (exact) mass is 887 g/mol. The molecule has 0 saturated carbocycles. The maximum absolute atomic E-state index is 13.0. The van der Waals surface area contributed by atoms with Crippen LogP contribution in [0.3, 0.4) is 0 Å². The highest BCUT2D eigenvalue weighted by atomic mass is 19.5. The normalized spacial score (nSPS) is 17.3. The molecular weight excluding hydrogens is 825 g/mol. The van der Waals surface area contributed by atoms with E-state index in [1.165, 1.54) is 0 Å². The van der Waals surface area contributed by atoms with Gasteiger partial charge in [0.2, 0.25) is 18.1 Å². The predicted molar refractivity (Wildman–Crippen MR) is 229 cm³/mol. The molecule has 18 heteroatoms. The number of amides is 2. The fourth-order valence-corrected chi connectivity index (χ4v) is 7.32. The molecule has 1 fully saturated rings. The van der Waals surface area contributed by atoms with Crippen molar-refractivity contribution >= 4 is 36.8 Å². The molecule has 5 rings (SSSR count). The smallest absolute Gasteiger partial charge is 0.463 e. The second kappa shape index (κ2) is 27.7. The van der Waals surface area contributed by atoms with E-state index < -0.39 is 31.8 Å². The third kappa shape index (κ3) is 19.8. The van der Waals surface area contributed by atoms with Crippen LogP contribution in [-0.4, -0.2) is 74.0 Å². The number of carbonyl (C=O) groups is 4. The molecule has 13 nitrogen and oxygen atoms in total. The number of nitrogens with one attached hydrogen (secondary N) is 2. The third-order valence-electron chi connectivity index (χ3n) is 10.6. The predicted octanol–water partition coefficient (Wildman–Crippen LogP) is 8.25. The van der Waals surface area contributed by atoms with Crippen LogP contribution >= 0.6 is 0 Å². The molecule has 0 spiro atoms. The summed E-state index contributed by atoms with van der Waals surface area (Å²) in [5.41, 5.74) is 7.24. The van der Waals surface area contributed by atoms with Gasteiger partial charge in [-0.25, -0.2) is 0 Å². The lowest BCUT2D eigenvalue weighted by Crippen LogP contribution is -2.41. The van der Waals surface area contributed by atoms with E-state index in [0.29, 0.717) is 42.9 Å². The third-order valence-corrected chi connectivity index (χ3v) is 10.6. The van der Waals surface area contributed by atoms with Crippen molar-refractivity contribution in [2.24, 2.45) is 0 Å². The minimum Gasteiger partial charge on any atom is -0.463 e. The number of nitrogens with zero attached hydrogens (tertiary/aromatic N) is 2. The molecule has 2 amide bonds. The molecular formula is C45H62BF4N5O8. The van der Waals surface area contributed by atoms with Gasteiger partial charge in [0, 0.05) is 48.1 Å². The van der Waals surface area contributed by atoms with Crippen molar-refractivity contribution in [1.29, 1.82) is 0 Å². The molecule has 4 N–H and O–H groups in total. The Labute approximate surface area is 367 Å². The number of unbranched alkanes of at least 4 members (excludes halogenated alkanes) is 14. The molecule has 2 aromatic carbocycles. The zero-order valence-corrected chi connectivity index (χ0v) is 35.9. The zero-order valence-electron chi connectivity index (χ0n) is 35.9. The van der Waals surface area contributed by atoms with Gasteiger partial charge in [-0.1, -0.05) is 113 Å². The summed E-state index contributed by atoms with van der Waals surface area (Å²) in [6.45, 7) is 1.31. The first-order valence-electron chi connectivity index (χ1n) is 22.3. The number of nitrogens with two attached hydrogens (primary N) is 1. The van der Waals surface area contributed by atoms with E-state index in [4.69, 9.17) is 24.7 Å². The second-order valence-corrected chi connectivity index (χ2v) is 15.7. The number of esters is 2. The summed E-state index contributed by atoms with van der Waals surface area (Å²) >= 11 is 0. The van der Waals surface area contributed by atoms with E-state index in [1.54, 1.807) is 16.8 Å². The maximum atomic E-state index is 13.0. The van der Waals surface area contributed by atoms with Gasteiger partial charge < -0.3 is 52.6 Å². The van der Waals surface area contributed by atoms with Gasteiger partial charge in [-0.2, -0.15) is 4.57 Å². The highest BCUT2D eigenvalue weighted by molar-refractivity contribution is 6.50. The molecule has 63 heavy (non-hydrogen) atoms. The molecule has 3 aromatic rings. The van der Waals surface area contributed by atoms with E-state index in [-0.39, 0.29) is 42.8 Å². The molecule has 0 aliphatic carbocycles. The van der Waals surface area contributed by atoms with Crippen LogP contribution in [0.15, 0.2) is 72.9 Å². The Morgan fingerprint density at radius 1 is 0.651 bits per heavy atom. The first kappa shape index (κ1) is 50.4. The van der Waals surface area contributed by atoms with Crippen LogP contribution < -0.4 is 25.7 Å². The largest absolute Gasteiger partial charge is 0.673 e. The van der Waals surface area contributed by atoms with Crippen LogP contribution in [0.5, 0.6) is 6.01 Å². The van der Waals surface area contributed by atoms with Crippen molar-refractivity contribution < 1.29 is 60.0 Å². The summed E-state index contributed by atoms with van der Waals surface area (Å²) in [4.78, 5) is 54.2. The molecule has 0 bridgehead atoms. The minimum atomic E-state index is -6.00. The Morgan fingerprint density at radius 2 is 1.10 bits per heavy atom. The van der Waals surface area contributed by atoms with Gasteiger partial charge in [0.1, 0.15) is 18.9 Å². The number of carbonyl (C=O) groups excluding carboxylic acids is 4. The molecule has 1 aromatic heterocycles. The first-order chi connectivity index (χ1) is 30.4. The number of hydrogen-bond acceptors (Lipinski definition) is 10. The summed E-state index contributed by atoms with van der Waals surface area (Å²) < 4.78 is 64.6. The average molecular weight is 888 g/mol. The Bertz CT molecular complexity index is 1830. The second-order valence-electron chi connectivity index (χ2n) is 15.7. The van der Waals surface area contributed by atoms with Gasteiger partial charge in [0.15, 0.2) is 6.10 Å². The Balaban J connectivity index is 0.00000165. The van der Waals surface area contributed by atoms with Crippen LogP contribution in [0.4, 0.5) is 23.1 Å². The molecule has 2 aliphatic rings. The number of nitrogen functional groups attached to an aromatic ring is 1. The number of anilines is 1. The molecule has 4 atom stereocenters. The molecule has 3 heterocycles. The zero-order chi connectivity index (χ0) is 45.3. The Kier molecular flexibility index (Phi) is 22.2. The minimum absolute atomic E-state index is 0.0279. The lowest BCUT2D eigenvalue weighted by Gasteiger charge is -2.21. The molecule has 346 valence electrons. The number of fused-ring (bicyclic) bond motifs is 3. The fraction of sp³-hybridized carbons (Fsp3) is 0.556. The highest BCUT2D eigenvalue weighted by Gasteiger charge is 2.58. The number of rotatable bonds is 27. The number of hydrogen-bond donors (Lipinski definition) is 3. The summed E-state index contributed by atoms with van der Waals surface area (Å²) in [6, 6.07) is 20.4. The van der Waals surface area contributed by atoms with Crippen molar-refractivity contribution in [1.82, 2.24) is 15.6 Å². The standard InChI is InChI=1S/C45H61N5O8.BF4/c46-37-29-32-50-44-41(58-45(50)49-37)40(57-39(52)28-20-10-6-2-4-8-12-22-31-48-43(54)35-25-17-14-18-26-35)36(56-44)33-55-38(51)27-19-9-5-1-3-7-11-21-30-47-42(53)34-23-15-13-16-24-34;2-1(3,4)5/h13-18,23-26,29,32,36,40-41,44,46H,1-12,19-22,27-28,30-31,33H2,(H2,47,48,53,54);/q;-1/p+1/t36-,40-,41-,44-;/m1./s1. The van der Waals surface area contributed by atoms with E-state index in [1.807, 2.05) is 60.7 Å².